The first kappa shape index (κ1) is 11.1. The highest BCUT2D eigenvalue weighted by Gasteiger charge is 2.24. The molecule has 1 atom stereocenters. The van der Waals surface area contributed by atoms with E-state index in [1.165, 1.54) is 4.88 Å². The van der Waals surface area contributed by atoms with Crippen LogP contribution >= 0.6 is 11.3 Å². The highest BCUT2D eigenvalue weighted by atomic mass is 32.1. The lowest BCUT2D eigenvalue weighted by Crippen LogP contribution is -2.16. The van der Waals surface area contributed by atoms with Crippen molar-refractivity contribution < 1.29 is 1.37 Å². The fourth-order valence-corrected chi connectivity index (χ4v) is 2.44. The van der Waals surface area contributed by atoms with Crippen LogP contribution < -0.4 is 0 Å². The number of aromatic nitrogens is 1. The van der Waals surface area contributed by atoms with E-state index in [2.05, 4.69) is 46.5 Å². The van der Waals surface area contributed by atoms with Crippen molar-refractivity contribution in [3.05, 3.63) is 15.6 Å². The molecule has 0 bridgehead atoms. The molecule has 0 N–H and O–H groups in total. The summed E-state index contributed by atoms with van der Waals surface area (Å²) >= 11 is 1.73. The minimum absolute atomic E-state index is 0.0550. The van der Waals surface area contributed by atoms with Crippen molar-refractivity contribution in [3.63, 3.8) is 0 Å². The van der Waals surface area contributed by atoms with Gasteiger partial charge in [0.25, 0.3) is 0 Å². The molecule has 1 rings (SSSR count). The molecule has 2 heteroatoms. The summed E-state index contributed by atoms with van der Waals surface area (Å²) in [5.41, 5.74) is 1.01. The molecular weight excluding hydrogens is 202 g/mol. The molecule has 0 aliphatic carbocycles. The van der Waals surface area contributed by atoms with Crippen LogP contribution in [0.4, 0.5) is 0 Å². The normalized spacial score (nSPS) is 16.3. The molecule has 0 fully saturated rings. The van der Waals surface area contributed by atoms with Gasteiger partial charge >= 0.3 is 0 Å². The van der Waals surface area contributed by atoms with E-state index in [9.17, 15) is 0 Å². The summed E-state index contributed by atoms with van der Waals surface area (Å²) < 4.78 is 8.34. The molecule has 0 saturated carbocycles. The summed E-state index contributed by atoms with van der Waals surface area (Å²) in [5, 5.41) is 1.07. The number of rotatable bonds is 1. The van der Waals surface area contributed by atoms with Gasteiger partial charge in [0.15, 0.2) is 0 Å². The van der Waals surface area contributed by atoms with E-state index in [0.717, 1.165) is 10.7 Å². The monoisotopic (exact) mass is 226 g/mol. The van der Waals surface area contributed by atoms with Crippen LogP contribution in [0.5, 0.6) is 0 Å². The Bertz CT molecular complexity index is 368. The standard InChI is InChI=1S/C13H23NS/c1-9-14-10(8-12(2,3)4)11(15-9)13(5,6)7/h8H2,1-7H3/i8D. The Kier molecular flexibility index (Phi) is 2.89. The van der Waals surface area contributed by atoms with Gasteiger partial charge in [0, 0.05) is 6.25 Å². The highest BCUT2D eigenvalue weighted by Crippen LogP contribution is 2.34. The van der Waals surface area contributed by atoms with E-state index in [0.29, 0.717) is 0 Å². The molecule has 0 amide bonds. The molecule has 1 heterocycles. The van der Waals surface area contributed by atoms with Gasteiger partial charge in [-0.2, -0.15) is 0 Å². The van der Waals surface area contributed by atoms with Crippen molar-refractivity contribution in [3.8, 4) is 0 Å². The number of thiazole rings is 1. The molecule has 1 aromatic heterocycles. The van der Waals surface area contributed by atoms with E-state index < -0.39 is 0 Å². The zero-order chi connectivity index (χ0) is 12.7. The third-order valence-corrected chi connectivity index (χ3v) is 3.42. The van der Waals surface area contributed by atoms with Crippen molar-refractivity contribution >= 4 is 11.3 Å². The van der Waals surface area contributed by atoms with Gasteiger partial charge in [0.05, 0.1) is 10.7 Å². The van der Waals surface area contributed by atoms with Crippen molar-refractivity contribution in [2.75, 3.05) is 0 Å². The summed E-state index contributed by atoms with van der Waals surface area (Å²) in [6.07, 6.45) is -0.244. The van der Waals surface area contributed by atoms with Gasteiger partial charge in [-0.3, -0.25) is 0 Å². The second kappa shape index (κ2) is 3.89. The van der Waals surface area contributed by atoms with Crippen molar-refractivity contribution in [2.24, 2.45) is 5.41 Å². The van der Waals surface area contributed by atoms with E-state index in [4.69, 9.17) is 1.37 Å². The number of aryl methyl sites for hydroxylation is 1. The maximum absolute atomic E-state index is 8.34. The van der Waals surface area contributed by atoms with E-state index in [-0.39, 0.29) is 17.2 Å². The van der Waals surface area contributed by atoms with Gasteiger partial charge in [-0.15, -0.1) is 11.3 Å². The lowest BCUT2D eigenvalue weighted by Gasteiger charge is -2.22. The SMILES string of the molecule is [2H]C(c1nc(C)sc1C(C)(C)C)C(C)(C)C. The molecule has 0 aliphatic rings. The lowest BCUT2D eigenvalue weighted by molar-refractivity contribution is 0.402. The van der Waals surface area contributed by atoms with Crippen molar-refractivity contribution in [1.82, 2.24) is 4.98 Å². The first-order valence-electron chi connectivity index (χ1n) is 6.01. The predicted molar refractivity (Wildman–Crippen MR) is 68.7 cm³/mol. The lowest BCUT2D eigenvalue weighted by atomic mass is 9.86. The first-order valence-corrected chi connectivity index (χ1v) is 6.25. The van der Waals surface area contributed by atoms with Gasteiger partial charge in [-0.25, -0.2) is 4.98 Å². The second-order valence-corrected chi connectivity index (χ2v) is 7.41. The van der Waals surface area contributed by atoms with Gasteiger partial charge < -0.3 is 0 Å². The molecule has 1 nitrogen and oxygen atoms in total. The van der Waals surface area contributed by atoms with E-state index >= 15 is 0 Å². The highest BCUT2D eigenvalue weighted by molar-refractivity contribution is 7.11. The fraction of sp³-hybridized carbons (Fsp3) is 0.769. The molecule has 0 radical (unpaired) electrons. The summed E-state index contributed by atoms with van der Waals surface area (Å²) in [7, 11) is 0. The third-order valence-electron chi connectivity index (χ3n) is 2.01. The van der Waals surface area contributed by atoms with Crippen LogP contribution in [-0.2, 0) is 11.8 Å². The average molecular weight is 226 g/mol. The number of hydrogen-bond donors (Lipinski definition) is 0. The quantitative estimate of drug-likeness (QED) is 0.694. The Morgan fingerprint density at radius 3 is 2.13 bits per heavy atom. The van der Waals surface area contributed by atoms with Gasteiger partial charge in [-0.1, -0.05) is 41.5 Å². The molecule has 0 aliphatic heterocycles. The topological polar surface area (TPSA) is 12.9 Å². The first-order chi connectivity index (χ1) is 7.03. The Balaban J connectivity index is 3.24. The van der Waals surface area contributed by atoms with E-state index in [1.54, 1.807) is 11.3 Å². The van der Waals surface area contributed by atoms with Crippen LogP contribution in [0.15, 0.2) is 0 Å². The molecular formula is C13H23NS. The maximum atomic E-state index is 8.34. The summed E-state index contributed by atoms with van der Waals surface area (Å²) in [6.45, 7) is 14.9. The average Bonchev–Trinajstić information content (AvgIpc) is 2.43. The van der Waals surface area contributed by atoms with E-state index in [1.807, 2.05) is 6.92 Å². The minimum Gasteiger partial charge on any atom is -0.246 e. The van der Waals surface area contributed by atoms with Gasteiger partial charge in [0.1, 0.15) is 0 Å². The summed E-state index contributed by atoms with van der Waals surface area (Å²) in [4.78, 5) is 5.84. The Hall–Kier alpha value is -0.370. The Morgan fingerprint density at radius 1 is 1.20 bits per heavy atom. The number of nitrogens with zero attached hydrogens (tertiary/aromatic N) is 1. The largest absolute Gasteiger partial charge is 0.246 e. The van der Waals surface area contributed by atoms with Crippen LogP contribution in [0.2, 0.25) is 0 Å². The van der Waals surface area contributed by atoms with Crippen molar-refractivity contribution in [1.29, 1.82) is 0 Å². The maximum Gasteiger partial charge on any atom is 0.0900 e. The predicted octanol–water partition coefficient (Wildman–Crippen LogP) is 4.34. The van der Waals surface area contributed by atoms with Crippen LogP contribution in [-0.4, -0.2) is 4.98 Å². The van der Waals surface area contributed by atoms with Crippen LogP contribution in [0.25, 0.3) is 0 Å². The fourth-order valence-electron chi connectivity index (χ4n) is 1.49. The van der Waals surface area contributed by atoms with Crippen LogP contribution in [0.1, 0.15) is 58.5 Å². The molecule has 0 spiro atoms. The van der Waals surface area contributed by atoms with Crippen LogP contribution in [0.3, 0.4) is 0 Å². The summed E-state index contributed by atoms with van der Waals surface area (Å²) in [5.74, 6) is 0. The molecule has 0 aromatic carbocycles. The van der Waals surface area contributed by atoms with Gasteiger partial charge in [-0.05, 0) is 24.2 Å². The zero-order valence-corrected chi connectivity index (χ0v) is 11.7. The summed E-state index contributed by atoms with van der Waals surface area (Å²) in [6, 6.07) is 0. The second-order valence-electron chi connectivity index (χ2n) is 6.21. The molecule has 0 saturated heterocycles. The third kappa shape index (κ3) is 3.60. The molecule has 1 aromatic rings. The Morgan fingerprint density at radius 2 is 1.73 bits per heavy atom. The minimum atomic E-state index is -0.244. The number of hydrogen-bond acceptors (Lipinski definition) is 2. The smallest absolute Gasteiger partial charge is 0.0900 e. The van der Waals surface area contributed by atoms with Gasteiger partial charge in [0.2, 0.25) is 0 Å². The van der Waals surface area contributed by atoms with Crippen LogP contribution in [0, 0.1) is 12.3 Å². The van der Waals surface area contributed by atoms with Crippen molar-refractivity contribution in [2.45, 2.75) is 60.3 Å². The molecule has 86 valence electrons. The Labute approximate surface area is 99.3 Å². The zero-order valence-electron chi connectivity index (χ0n) is 11.9. The molecule has 1 unspecified atom stereocenters. The molecule has 15 heavy (non-hydrogen) atoms.